The minimum Gasteiger partial charge on any atom is -0.432 e. The van der Waals surface area contributed by atoms with Gasteiger partial charge in [0, 0.05) is 12.7 Å². The number of halogens is 1. The molecule has 2 aromatic heterocycles. The number of rotatable bonds is 5. The molecule has 0 radical (unpaired) electrons. The lowest BCUT2D eigenvalue weighted by Crippen LogP contribution is -2.16. The molecule has 0 aliphatic heterocycles. The number of anilines is 2. The molecule has 2 rings (SSSR count). The normalized spacial score (nSPS) is 10.3. The van der Waals surface area contributed by atoms with Crippen LogP contribution in [0.15, 0.2) is 22.9 Å². The van der Waals surface area contributed by atoms with Crippen molar-refractivity contribution in [2.24, 2.45) is 0 Å². The molecule has 0 atom stereocenters. The topological polar surface area (TPSA) is 80.0 Å². The summed E-state index contributed by atoms with van der Waals surface area (Å²) in [6.07, 6.45) is 3.59. The number of amides is 1. The van der Waals surface area contributed by atoms with Gasteiger partial charge in [-0.2, -0.15) is 4.98 Å². The van der Waals surface area contributed by atoms with Crippen molar-refractivity contribution in [3.05, 3.63) is 35.6 Å². The molecule has 2 aromatic rings. The van der Waals surface area contributed by atoms with E-state index in [1.807, 2.05) is 6.92 Å². The Labute approximate surface area is 115 Å². The first kappa shape index (κ1) is 14.0. The Balaban J connectivity index is 2.17. The maximum atomic E-state index is 14.1. The Morgan fingerprint density at radius 3 is 2.95 bits per heavy atom. The molecular formula is C13H15FN4O2. The van der Waals surface area contributed by atoms with E-state index >= 15 is 0 Å². The molecule has 0 aliphatic rings. The average molecular weight is 278 g/mol. The van der Waals surface area contributed by atoms with E-state index in [4.69, 9.17) is 4.42 Å². The Morgan fingerprint density at radius 1 is 1.50 bits per heavy atom. The Morgan fingerprint density at radius 2 is 2.30 bits per heavy atom. The quantitative estimate of drug-likeness (QED) is 0.878. The highest BCUT2D eigenvalue weighted by Gasteiger charge is 2.17. The fraction of sp³-hybridized carbons (Fsp3) is 0.308. The van der Waals surface area contributed by atoms with E-state index in [1.54, 1.807) is 6.92 Å². The van der Waals surface area contributed by atoms with Crippen molar-refractivity contribution in [3.63, 3.8) is 0 Å². The molecule has 2 heterocycles. The number of hydrogen-bond acceptors (Lipinski definition) is 5. The van der Waals surface area contributed by atoms with Crippen LogP contribution in [0.4, 0.5) is 16.2 Å². The van der Waals surface area contributed by atoms with Crippen LogP contribution in [-0.4, -0.2) is 22.4 Å². The van der Waals surface area contributed by atoms with Crippen molar-refractivity contribution in [1.29, 1.82) is 0 Å². The van der Waals surface area contributed by atoms with Gasteiger partial charge in [-0.15, -0.1) is 0 Å². The lowest BCUT2D eigenvalue weighted by atomic mass is 10.2. The van der Waals surface area contributed by atoms with Gasteiger partial charge in [0.05, 0.1) is 11.3 Å². The third-order valence-corrected chi connectivity index (χ3v) is 2.52. The van der Waals surface area contributed by atoms with Crippen molar-refractivity contribution in [3.8, 4) is 0 Å². The van der Waals surface area contributed by atoms with E-state index in [9.17, 15) is 9.18 Å². The smallest absolute Gasteiger partial charge is 0.301 e. The zero-order valence-electron chi connectivity index (χ0n) is 11.2. The molecule has 0 bridgehead atoms. The van der Waals surface area contributed by atoms with Crippen LogP contribution in [0.3, 0.4) is 0 Å². The number of nitrogens with one attached hydrogen (secondary N) is 2. The minimum absolute atomic E-state index is 0.0341. The standard InChI is InChI=1S/C13H15FN4O2/c1-3-5-15-11-10(14)9(4-6-16-11)12(19)18-13-17-8(2)7-20-13/h4,6-7H,3,5H2,1-2H3,(H,15,16)(H,17,18,19). The maximum Gasteiger partial charge on any atom is 0.301 e. The van der Waals surface area contributed by atoms with E-state index in [0.717, 1.165) is 6.42 Å². The summed E-state index contributed by atoms with van der Waals surface area (Å²) in [7, 11) is 0. The molecule has 0 saturated heterocycles. The van der Waals surface area contributed by atoms with Gasteiger partial charge in [-0.3, -0.25) is 10.1 Å². The van der Waals surface area contributed by atoms with Crippen LogP contribution in [0.1, 0.15) is 29.4 Å². The van der Waals surface area contributed by atoms with E-state index < -0.39 is 11.7 Å². The highest BCUT2D eigenvalue weighted by molar-refractivity contribution is 6.03. The zero-order valence-corrected chi connectivity index (χ0v) is 11.2. The number of nitrogens with zero attached hydrogens (tertiary/aromatic N) is 2. The molecule has 106 valence electrons. The molecular weight excluding hydrogens is 263 g/mol. The average Bonchev–Trinajstić information content (AvgIpc) is 2.83. The van der Waals surface area contributed by atoms with Crippen LogP contribution >= 0.6 is 0 Å². The predicted octanol–water partition coefficient (Wildman–Crippen LogP) is 2.59. The van der Waals surface area contributed by atoms with E-state index in [1.165, 1.54) is 18.5 Å². The lowest BCUT2D eigenvalue weighted by molar-refractivity contribution is 0.102. The Bertz CT molecular complexity index is 612. The number of carbonyl (C=O) groups is 1. The molecule has 2 N–H and O–H groups in total. The second kappa shape index (κ2) is 6.14. The molecule has 20 heavy (non-hydrogen) atoms. The molecule has 0 saturated carbocycles. The van der Waals surface area contributed by atoms with Crippen LogP contribution in [0.25, 0.3) is 0 Å². The fourth-order valence-electron chi connectivity index (χ4n) is 1.56. The van der Waals surface area contributed by atoms with Crippen molar-refractivity contribution in [1.82, 2.24) is 9.97 Å². The fourth-order valence-corrected chi connectivity index (χ4v) is 1.56. The molecule has 0 aliphatic carbocycles. The number of aromatic nitrogens is 2. The van der Waals surface area contributed by atoms with Crippen LogP contribution in [0.2, 0.25) is 0 Å². The molecule has 6 nitrogen and oxygen atoms in total. The zero-order chi connectivity index (χ0) is 14.5. The summed E-state index contributed by atoms with van der Waals surface area (Å²) in [5, 5.41) is 5.21. The molecule has 0 fully saturated rings. The minimum atomic E-state index is -0.693. The van der Waals surface area contributed by atoms with Crippen molar-refractivity contribution < 1.29 is 13.6 Å². The molecule has 7 heteroatoms. The summed E-state index contributed by atoms with van der Waals surface area (Å²) in [4.78, 5) is 19.8. The number of aryl methyl sites for hydroxylation is 1. The largest absolute Gasteiger partial charge is 0.432 e. The first-order valence-electron chi connectivity index (χ1n) is 6.23. The second-order valence-electron chi connectivity index (χ2n) is 4.20. The Kier molecular flexibility index (Phi) is 4.29. The second-order valence-corrected chi connectivity index (χ2v) is 4.20. The van der Waals surface area contributed by atoms with Crippen molar-refractivity contribution in [2.75, 3.05) is 17.2 Å². The molecule has 0 aromatic carbocycles. The maximum absolute atomic E-state index is 14.1. The molecule has 1 amide bonds. The summed E-state index contributed by atoms with van der Waals surface area (Å²) in [5.41, 5.74) is 0.509. The third kappa shape index (κ3) is 3.11. The summed E-state index contributed by atoms with van der Waals surface area (Å²) >= 11 is 0. The number of hydrogen-bond donors (Lipinski definition) is 2. The van der Waals surface area contributed by atoms with Gasteiger partial charge in [-0.1, -0.05) is 6.92 Å². The van der Waals surface area contributed by atoms with Crippen molar-refractivity contribution in [2.45, 2.75) is 20.3 Å². The van der Waals surface area contributed by atoms with Gasteiger partial charge < -0.3 is 9.73 Å². The number of carbonyl (C=O) groups excluding carboxylic acids is 1. The lowest BCUT2D eigenvalue weighted by Gasteiger charge is -2.08. The van der Waals surface area contributed by atoms with E-state index in [2.05, 4.69) is 20.6 Å². The van der Waals surface area contributed by atoms with Gasteiger partial charge in [0.15, 0.2) is 11.6 Å². The van der Waals surface area contributed by atoms with Gasteiger partial charge >= 0.3 is 6.01 Å². The molecule has 0 unspecified atom stereocenters. The Hall–Kier alpha value is -2.44. The van der Waals surface area contributed by atoms with Crippen LogP contribution in [0, 0.1) is 12.7 Å². The summed E-state index contributed by atoms with van der Waals surface area (Å²) in [5.74, 6) is -1.27. The van der Waals surface area contributed by atoms with Gasteiger partial charge in [0.1, 0.15) is 6.26 Å². The van der Waals surface area contributed by atoms with Crippen LogP contribution in [-0.2, 0) is 0 Å². The number of pyridine rings is 1. The van der Waals surface area contributed by atoms with Crippen LogP contribution in [0.5, 0.6) is 0 Å². The van der Waals surface area contributed by atoms with Gasteiger partial charge in [-0.25, -0.2) is 9.37 Å². The van der Waals surface area contributed by atoms with Crippen LogP contribution < -0.4 is 10.6 Å². The first-order valence-corrected chi connectivity index (χ1v) is 6.23. The van der Waals surface area contributed by atoms with Crippen molar-refractivity contribution >= 4 is 17.7 Å². The SMILES string of the molecule is CCCNc1nccc(C(=O)Nc2nc(C)co2)c1F. The number of oxazole rings is 1. The highest BCUT2D eigenvalue weighted by Crippen LogP contribution is 2.17. The summed E-state index contributed by atoms with van der Waals surface area (Å²) < 4.78 is 19.1. The highest BCUT2D eigenvalue weighted by atomic mass is 19.1. The van der Waals surface area contributed by atoms with Gasteiger partial charge in [0.2, 0.25) is 0 Å². The molecule has 0 spiro atoms. The summed E-state index contributed by atoms with van der Waals surface area (Å²) in [6.45, 7) is 4.25. The van der Waals surface area contributed by atoms with E-state index in [-0.39, 0.29) is 17.4 Å². The van der Waals surface area contributed by atoms with Gasteiger partial charge in [0.25, 0.3) is 5.91 Å². The predicted molar refractivity (Wildman–Crippen MR) is 72.2 cm³/mol. The monoisotopic (exact) mass is 278 g/mol. The summed E-state index contributed by atoms with van der Waals surface area (Å²) in [6, 6.07) is 1.34. The third-order valence-electron chi connectivity index (χ3n) is 2.52. The van der Waals surface area contributed by atoms with Gasteiger partial charge in [-0.05, 0) is 19.4 Å². The van der Waals surface area contributed by atoms with E-state index in [0.29, 0.717) is 12.2 Å². The first-order chi connectivity index (χ1) is 9.61.